The van der Waals surface area contributed by atoms with Crippen LogP contribution in [0.15, 0.2) is 30.3 Å². The lowest BCUT2D eigenvalue weighted by atomic mass is 9.96. The number of hydrogen-bond acceptors (Lipinski definition) is 3. The molecule has 1 saturated heterocycles. The van der Waals surface area contributed by atoms with Crippen LogP contribution >= 0.6 is 0 Å². The Labute approximate surface area is 132 Å². The molecule has 1 amide bonds. The number of carbonyl (C=O) groups excluding carboxylic acids is 1. The van der Waals surface area contributed by atoms with Crippen molar-refractivity contribution in [2.45, 2.75) is 32.7 Å². The molecule has 122 valence electrons. The number of nitrogens with one attached hydrogen (secondary N) is 1. The molecule has 0 spiro atoms. The van der Waals surface area contributed by atoms with Gasteiger partial charge in [0.15, 0.2) is 0 Å². The van der Waals surface area contributed by atoms with Crippen LogP contribution in [-0.4, -0.2) is 37.5 Å². The number of rotatable bonds is 5. The summed E-state index contributed by atoms with van der Waals surface area (Å²) in [5.74, 6) is 0.0360. The zero-order valence-corrected chi connectivity index (χ0v) is 14.0. The Kier molecular flexibility index (Phi) is 5.58. The molecule has 1 aromatic rings. The van der Waals surface area contributed by atoms with E-state index in [2.05, 4.69) is 5.32 Å². The average molecular weight is 324 g/mol. The van der Waals surface area contributed by atoms with Gasteiger partial charge in [0.25, 0.3) is 0 Å². The van der Waals surface area contributed by atoms with E-state index in [4.69, 9.17) is 0 Å². The summed E-state index contributed by atoms with van der Waals surface area (Å²) in [6.45, 7) is 4.49. The van der Waals surface area contributed by atoms with Crippen LogP contribution in [0.3, 0.4) is 0 Å². The quantitative estimate of drug-likeness (QED) is 0.900. The molecule has 1 aliphatic heterocycles. The number of hydrogen-bond donors (Lipinski definition) is 1. The summed E-state index contributed by atoms with van der Waals surface area (Å²) in [7, 11) is -3.13. The van der Waals surface area contributed by atoms with Crippen molar-refractivity contribution in [2.24, 2.45) is 5.92 Å². The SMILES string of the molecule is CCS(=O)(=O)N1CCC(C(=O)N[C@@H](C)c2ccccc2)CC1. The Morgan fingerprint density at radius 1 is 1.27 bits per heavy atom. The number of nitrogens with zero attached hydrogens (tertiary/aromatic N) is 1. The molecular weight excluding hydrogens is 300 g/mol. The van der Waals surface area contributed by atoms with E-state index in [0.717, 1.165) is 5.56 Å². The van der Waals surface area contributed by atoms with Crippen LogP contribution in [0.2, 0.25) is 0 Å². The van der Waals surface area contributed by atoms with Gasteiger partial charge in [-0.3, -0.25) is 4.79 Å². The highest BCUT2D eigenvalue weighted by Gasteiger charge is 2.30. The van der Waals surface area contributed by atoms with E-state index in [-0.39, 0.29) is 23.6 Å². The third kappa shape index (κ3) is 4.08. The Hall–Kier alpha value is -1.40. The van der Waals surface area contributed by atoms with Crippen LogP contribution in [0.4, 0.5) is 0 Å². The number of piperidine rings is 1. The fraction of sp³-hybridized carbons (Fsp3) is 0.562. The molecule has 1 aromatic carbocycles. The summed E-state index contributed by atoms with van der Waals surface area (Å²) in [6.07, 6.45) is 1.18. The highest BCUT2D eigenvalue weighted by molar-refractivity contribution is 7.89. The molecule has 1 N–H and O–H groups in total. The highest BCUT2D eigenvalue weighted by atomic mass is 32.2. The van der Waals surface area contributed by atoms with Crippen LogP contribution in [0.5, 0.6) is 0 Å². The van der Waals surface area contributed by atoms with Crippen LogP contribution in [0.1, 0.15) is 38.3 Å². The van der Waals surface area contributed by atoms with Crippen LogP contribution in [-0.2, 0) is 14.8 Å². The van der Waals surface area contributed by atoms with E-state index in [0.29, 0.717) is 25.9 Å². The lowest BCUT2D eigenvalue weighted by Crippen LogP contribution is -2.43. The van der Waals surface area contributed by atoms with Gasteiger partial charge < -0.3 is 5.32 Å². The lowest BCUT2D eigenvalue weighted by molar-refractivity contribution is -0.126. The van der Waals surface area contributed by atoms with Gasteiger partial charge >= 0.3 is 0 Å². The average Bonchev–Trinajstić information content (AvgIpc) is 2.55. The standard InChI is InChI=1S/C16H24N2O3S/c1-3-22(20,21)18-11-9-15(10-12-18)16(19)17-13(2)14-7-5-4-6-8-14/h4-8,13,15H,3,9-12H2,1-2H3,(H,17,19)/t13-/m0/s1. The first-order valence-corrected chi connectivity index (χ1v) is 9.38. The van der Waals surface area contributed by atoms with Gasteiger partial charge in [0.2, 0.25) is 15.9 Å². The molecule has 0 unspecified atom stereocenters. The summed E-state index contributed by atoms with van der Waals surface area (Å²) in [5.41, 5.74) is 1.07. The summed E-state index contributed by atoms with van der Waals surface area (Å²) >= 11 is 0. The Balaban J connectivity index is 1.88. The minimum atomic E-state index is -3.13. The molecular formula is C16H24N2O3S. The summed E-state index contributed by atoms with van der Waals surface area (Å²) in [6, 6.07) is 9.79. The maximum atomic E-state index is 12.3. The predicted molar refractivity (Wildman–Crippen MR) is 86.8 cm³/mol. The second-order valence-corrected chi connectivity index (χ2v) is 7.97. The van der Waals surface area contributed by atoms with E-state index >= 15 is 0 Å². The fourth-order valence-corrected chi connectivity index (χ4v) is 3.87. The molecule has 0 aliphatic carbocycles. The second kappa shape index (κ2) is 7.24. The third-order valence-electron chi connectivity index (χ3n) is 4.24. The van der Waals surface area contributed by atoms with Crippen molar-refractivity contribution in [1.29, 1.82) is 0 Å². The van der Waals surface area contributed by atoms with E-state index in [1.165, 1.54) is 4.31 Å². The molecule has 0 radical (unpaired) electrons. The van der Waals surface area contributed by atoms with E-state index in [1.54, 1.807) is 6.92 Å². The zero-order valence-electron chi connectivity index (χ0n) is 13.2. The molecule has 5 nitrogen and oxygen atoms in total. The molecule has 0 bridgehead atoms. The van der Waals surface area contributed by atoms with Gasteiger partial charge in [-0.1, -0.05) is 30.3 Å². The topological polar surface area (TPSA) is 66.5 Å². The first kappa shape index (κ1) is 17.0. The molecule has 1 atom stereocenters. The summed E-state index contributed by atoms with van der Waals surface area (Å²) in [5, 5.41) is 3.03. The molecule has 0 aromatic heterocycles. The number of amides is 1. The maximum Gasteiger partial charge on any atom is 0.223 e. The van der Waals surface area contributed by atoms with Gasteiger partial charge in [-0.05, 0) is 32.3 Å². The van der Waals surface area contributed by atoms with Crippen molar-refractivity contribution in [2.75, 3.05) is 18.8 Å². The van der Waals surface area contributed by atoms with Crippen LogP contribution < -0.4 is 5.32 Å². The van der Waals surface area contributed by atoms with Gasteiger partial charge in [-0.25, -0.2) is 12.7 Å². The minimum absolute atomic E-state index is 0.0184. The number of carbonyl (C=O) groups is 1. The van der Waals surface area contributed by atoms with Crippen molar-refractivity contribution in [3.63, 3.8) is 0 Å². The van der Waals surface area contributed by atoms with Crippen LogP contribution in [0.25, 0.3) is 0 Å². The van der Waals surface area contributed by atoms with Gasteiger partial charge in [-0.15, -0.1) is 0 Å². The van der Waals surface area contributed by atoms with Gasteiger partial charge in [-0.2, -0.15) is 0 Å². The Morgan fingerprint density at radius 2 is 1.86 bits per heavy atom. The highest BCUT2D eigenvalue weighted by Crippen LogP contribution is 2.21. The predicted octanol–water partition coefficient (Wildman–Crippen LogP) is 1.93. The van der Waals surface area contributed by atoms with Crippen molar-refractivity contribution < 1.29 is 13.2 Å². The first-order chi connectivity index (χ1) is 10.4. The van der Waals surface area contributed by atoms with E-state index < -0.39 is 10.0 Å². The monoisotopic (exact) mass is 324 g/mol. The molecule has 1 aliphatic rings. The summed E-state index contributed by atoms with van der Waals surface area (Å²) in [4.78, 5) is 12.3. The molecule has 1 fully saturated rings. The van der Waals surface area contributed by atoms with Gasteiger partial charge in [0.1, 0.15) is 0 Å². The maximum absolute atomic E-state index is 12.3. The van der Waals surface area contributed by atoms with Gasteiger partial charge in [0, 0.05) is 19.0 Å². The molecule has 1 heterocycles. The Morgan fingerprint density at radius 3 is 2.41 bits per heavy atom. The molecule has 2 rings (SSSR count). The largest absolute Gasteiger partial charge is 0.349 e. The summed E-state index contributed by atoms with van der Waals surface area (Å²) < 4.78 is 25.1. The lowest BCUT2D eigenvalue weighted by Gasteiger charge is -2.31. The Bertz CT molecular complexity index is 593. The number of sulfonamides is 1. The second-order valence-electron chi connectivity index (χ2n) is 5.71. The van der Waals surface area contributed by atoms with Crippen molar-refractivity contribution >= 4 is 15.9 Å². The fourth-order valence-electron chi connectivity index (χ4n) is 2.74. The third-order valence-corrected chi connectivity index (χ3v) is 6.12. The van der Waals surface area contributed by atoms with E-state index in [1.807, 2.05) is 37.3 Å². The van der Waals surface area contributed by atoms with Crippen molar-refractivity contribution in [3.05, 3.63) is 35.9 Å². The molecule has 0 saturated carbocycles. The smallest absolute Gasteiger partial charge is 0.223 e. The van der Waals surface area contributed by atoms with Crippen LogP contribution in [0, 0.1) is 5.92 Å². The number of benzene rings is 1. The first-order valence-electron chi connectivity index (χ1n) is 7.77. The zero-order chi connectivity index (χ0) is 16.2. The van der Waals surface area contributed by atoms with Gasteiger partial charge in [0.05, 0.1) is 11.8 Å². The molecule has 6 heteroatoms. The normalized spacial score (nSPS) is 18.8. The minimum Gasteiger partial charge on any atom is -0.349 e. The van der Waals surface area contributed by atoms with Crippen molar-refractivity contribution in [1.82, 2.24) is 9.62 Å². The van der Waals surface area contributed by atoms with E-state index in [9.17, 15) is 13.2 Å². The van der Waals surface area contributed by atoms with Crippen molar-refractivity contribution in [3.8, 4) is 0 Å². The molecule has 22 heavy (non-hydrogen) atoms.